The number of hydrogen-bond donors (Lipinski definition) is 3. The molecule has 0 fully saturated rings. The predicted octanol–water partition coefficient (Wildman–Crippen LogP) is -6.52. The normalized spacial score (nSPS) is 12.4. The Balaban J connectivity index is 0. The summed E-state index contributed by atoms with van der Waals surface area (Å²) in [4.78, 5) is 0. The Morgan fingerprint density at radius 3 is 2.14 bits per heavy atom. The van der Waals surface area contributed by atoms with E-state index in [1.165, 1.54) is 7.05 Å². The van der Waals surface area contributed by atoms with Crippen LogP contribution in [0.3, 0.4) is 0 Å². The van der Waals surface area contributed by atoms with Gasteiger partial charge in [0.1, 0.15) is 0 Å². The molecule has 0 aliphatic carbocycles. The highest BCUT2D eigenvalue weighted by Crippen LogP contribution is 0.944. The maximum absolute atomic E-state index is 9.70. The van der Waals surface area contributed by atoms with Crippen molar-refractivity contribution in [2.24, 2.45) is 0 Å². The summed E-state index contributed by atoms with van der Waals surface area (Å²) in [7, 11) is 1.27. The summed E-state index contributed by atoms with van der Waals surface area (Å²) >= 11 is 0. The number of hydroxylamine groups is 1. The average Bonchev–Trinajstić information content (AvgIpc) is 1.35. The highest BCUT2D eigenvalue weighted by atomic mass is 127. The third-order valence-corrected chi connectivity index (χ3v) is 0.262. The molecule has 0 amide bonds. The Bertz CT molecular complexity index is 34.1. The Morgan fingerprint density at radius 1 is 1.71 bits per heavy atom. The Kier molecular flexibility index (Phi) is 9.79. The Labute approximate surface area is 58.2 Å². The van der Waals surface area contributed by atoms with Gasteiger partial charge in [-0.15, -0.1) is 0 Å². The van der Waals surface area contributed by atoms with Crippen LogP contribution in [-0.4, -0.2) is 7.05 Å². The molecule has 0 saturated heterocycles. The van der Waals surface area contributed by atoms with Gasteiger partial charge >= 0.3 is 0 Å². The minimum atomic E-state index is -0.329. The lowest BCUT2D eigenvalue weighted by Crippen LogP contribution is -3.24. The first-order valence-electron chi connectivity index (χ1n) is 1.48. The molecule has 46 valence electrons. The predicted molar refractivity (Wildman–Crippen MR) is 18.7 cm³/mol. The lowest BCUT2D eigenvalue weighted by Gasteiger charge is -2.13. The number of halogens is 1. The van der Waals surface area contributed by atoms with Crippen molar-refractivity contribution in [3.05, 3.63) is 10.4 Å². The molecule has 0 spiro atoms. The van der Waals surface area contributed by atoms with Crippen molar-refractivity contribution < 1.29 is 34.7 Å². The molecule has 0 saturated carbocycles. The topological polar surface area (TPSA) is 79.2 Å². The van der Waals surface area contributed by atoms with Crippen molar-refractivity contribution in [1.82, 2.24) is 5.53 Å². The highest BCUT2D eigenvalue weighted by Gasteiger charge is 1.72. The first-order chi connectivity index (χ1) is 2.77. The largest absolute Gasteiger partial charge is 1.00 e. The monoisotopic (exact) mass is 220 g/mol. The van der Waals surface area contributed by atoms with Gasteiger partial charge in [0.05, 0.1) is 7.05 Å². The van der Waals surface area contributed by atoms with Gasteiger partial charge in [0, 0.05) is 0 Å². The van der Waals surface area contributed by atoms with Crippen LogP contribution in [0.1, 0.15) is 0 Å². The highest BCUT2D eigenvalue weighted by molar-refractivity contribution is 3.86. The fraction of sp³-hybridized carbons (Fsp3) is 1.00. The molecular formula is CH7IN3O2-. The van der Waals surface area contributed by atoms with Gasteiger partial charge in [0.25, 0.3) is 0 Å². The molecule has 0 aliphatic rings. The van der Waals surface area contributed by atoms with Gasteiger partial charge < -0.3 is 34.4 Å². The van der Waals surface area contributed by atoms with Gasteiger partial charge in [0.15, 0.2) is 0 Å². The second kappa shape index (κ2) is 6.53. The van der Waals surface area contributed by atoms with Crippen LogP contribution in [0.5, 0.6) is 0 Å². The van der Waals surface area contributed by atoms with Crippen molar-refractivity contribution in [2.45, 2.75) is 0 Å². The van der Waals surface area contributed by atoms with E-state index in [-0.39, 0.29) is 29.1 Å². The van der Waals surface area contributed by atoms with E-state index in [0.29, 0.717) is 5.59 Å². The molecule has 0 bridgehead atoms. The third-order valence-electron chi connectivity index (χ3n) is 0.262. The minimum Gasteiger partial charge on any atom is -1.00 e. The van der Waals surface area contributed by atoms with Crippen molar-refractivity contribution in [2.75, 3.05) is 7.05 Å². The van der Waals surface area contributed by atoms with Crippen LogP contribution >= 0.6 is 0 Å². The van der Waals surface area contributed by atoms with E-state index in [4.69, 9.17) is 0 Å². The molecule has 1 atom stereocenters. The molecule has 0 aromatic heterocycles. The summed E-state index contributed by atoms with van der Waals surface area (Å²) in [6, 6.07) is 0. The van der Waals surface area contributed by atoms with Crippen LogP contribution in [0.25, 0.3) is 0 Å². The van der Waals surface area contributed by atoms with Crippen molar-refractivity contribution in [1.29, 1.82) is 0 Å². The van der Waals surface area contributed by atoms with E-state index < -0.39 is 0 Å². The molecule has 6 heteroatoms. The second-order valence-electron chi connectivity index (χ2n) is 0.818. The van der Waals surface area contributed by atoms with Crippen LogP contribution in [-0.2, 0) is 0 Å². The van der Waals surface area contributed by atoms with Gasteiger partial charge in [-0.2, -0.15) is 0 Å². The number of rotatable bonds is 2. The fourth-order valence-corrected chi connectivity index (χ4v) is 0.0830. The SMILES string of the molecule is C[NH+]([O-])N[NH2+][O-].[I-]. The van der Waals surface area contributed by atoms with Crippen molar-refractivity contribution in [3.8, 4) is 0 Å². The summed E-state index contributed by atoms with van der Waals surface area (Å²) in [5.74, 6) is 0. The summed E-state index contributed by atoms with van der Waals surface area (Å²) in [5, 5.41) is 18.7. The van der Waals surface area contributed by atoms with Gasteiger partial charge in [0.2, 0.25) is 0 Å². The molecule has 1 unspecified atom stereocenters. The lowest BCUT2D eigenvalue weighted by atomic mass is 11.5. The summed E-state index contributed by atoms with van der Waals surface area (Å²) in [6.07, 6.45) is 0. The first-order valence-corrected chi connectivity index (χ1v) is 1.48. The van der Waals surface area contributed by atoms with Crippen LogP contribution in [0.15, 0.2) is 0 Å². The maximum atomic E-state index is 9.70. The maximum Gasteiger partial charge on any atom is 0.0879 e. The van der Waals surface area contributed by atoms with E-state index in [0.717, 1.165) is 0 Å². The summed E-state index contributed by atoms with van der Waals surface area (Å²) < 4.78 is 0. The quantitative estimate of drug-likeness (QED) is 0.246. The second-order valence-corrected chi connectivity index (χ2v) is 0.818. The zero-order valence-electron chi connectivity index (χ0n) is 3.77. The lowest BCUT2D eigenvalue weighted by molar-refractivity contribution is -1.01. The van der Waals surface area contributed by atoms with E-state index >= 15 is 0 Å². The zero-order chi connectivity index (χ0) is 4.99. The van der Waals surface area contributed by atoms with Crippen LogP contribution in [0.4, 0.5) is 0 Å². The zero-order valence-corrected chi connectivity index (χ0v) is 5.93. The minimum absolute atomic E-state index is 0. The van der Waals surface area contributed by atoms with E-state index in [1.54, 1.807) is 0 Å². The molecule has 0 heterocycles. The van der Waals surface area contributed by atoms with Gasteiger partial charge in [-0.25, -0.2) is 0 Å². The average molecular weight is 220 g/mol. The molecule has 0 aromatic rings. The number of quaternary nitrogens is 2. The van der Waals surface area contributed by atoms with Crippen LogP contribution in [0.2, 0.25) is 0 Å². The number of nitrogens with two attached hydrogens (primary N) is 1. The molecule has 7 heavy (non-hydrogen) atoms. The van der Waals surface area contributed by atoms with E-state index in [2.05, 4.69) is 0 Å². The number of hydrogen-bond acceptors (Lipinski definition) is 3. The summed E-state index contributed by atoms with van der Waals surface area (Å²) in [5.41, 5.74) is 2.24. The Hall–Kier alpha value is 0.530. The van der Waals surface area contributed by atoms with E-state index in [9.17, 15) is 10.4 Å². The van der Waals surface area contributed by atoms with Gasteiger partial charge in [-0.1, -0.05) is 0 Å². The molecule has 0 aromatic carbocycles. The Morgan fingerprint density at radius 2 is 2.14 bits per heavy atom. The standard InChI is InChI=1S/CH7N3O2.HI/c1-4(6)2-3-5;/h2,4H,3H2,1H3;1H/p-1. The summed E-state index contributed by atoms with van der Waals surface area (Å²) in [6.45, 7) is 0. The van der Waals surface area contributed by atoms with Crippen molar-refractivity contribution in [3.63, 3.8) is 0 Å². The number of nitrogens with one attached hydrogen (secondary N) is 2. The molecular weight excluding hydrogens is 213 g/mol. The van der Waals surface area contributed by atoms with Crippen molar-refractivity contribution >= 4 is 0 Å². The molecule has 0 radical (unpaired) electrons. The molecule has 4 N–H and O–H groups in total. The third kappa shape index (κ3) is 10.8. The molecule has 5 nitrogen and oxygen atoms in total. The van der Waals surface area contributed by atoms with Gasteiger partial charge in [-0.05, 0) is 5.53 Å². The molecule has 0 aliphatic heterocycles. The fourth-order valence-electron chi connectivity index (χ4n) is 0.0830. The van der Waals surface area contributed by atoms with Crippen LogP contribution < -0.4 is 40.3 Å². The van der Waals surface area contributed by atoms with E-state index in [1.807, 2.05) is 5.53 Å². The first kappa shape index (κ1) is 10.5. The van der Waals surface area contributed by atoms with Gasteiger partial charge in [-0.3, -0.25) is 10.8 Å². The van der Waals surface area contributed by atoms with Crippen LogP contribution in [0, 0.1) is 10.4 Å². The smallest absolute Gasteiger partial charge is 0.0879 e. The molecule has 0 rings (SSSR count).